The normalized spacial score (nSPS) is 23.3. The van der Waals surface area contributed by atoms with E-state index in [-0.39, 0.29) is 18.8 Å². The molecule has 22 heavy (non-hydrogen) atoms. The largest absolute Gasteiger partial charge is 0.394 e. The molecule has 0 aliphatic heterocycles. The molecule has 0 bridgehead atoms. The molecule has 2 rings (SSSR count). The van der Waals surface area contributed by atoms with Gasteiger partial charge in [-0.25, -0.2) is 0 Å². The van der Waals surface area contributed by atoms with Gasteiger partial charge in [0.2, 0.25) is 0 Å². The van der Waals surface area contributed by atoms with Crippen LogP contribution in [0.4, 0.5) is 5.69 Å². The van der Waals surface area contributed by atoms with Crippen LogP contribution in [0.5, 0.6) is 0 Å². The molecule has 6 heteroatoms. The number of hydrogen-bond donors (Lipinski definition) is 4. The summed E-state index contributed by atoms with van der Waals surface area (Å²) in [4.78, 5) is 0. The molecule has 0 saturated heterocycles. The number of halogens is 2. The molecule has 0 aromatic heterocycles. The average molecular weight is 436 g/mol. The Bertz CT molecular complexity index is 491. The van der Waals surface area contributed by atoms with Crippen LogP contribution in [0.2, 0.25) is 0 Å². The van der Waals surface area contributed by atoms with Crippen LogP contribution < -0.4 is 10.6 Å². The van der Waals surface area contributed by atoms with Crippen molar-refractivity contribution in [3.8, 4) is 0 Å². The molecule has 4 N–H and O–H groups in total. The zero-order valence-electron chi connectivity index (χ0n) is 12.8. The third-order valence-corrected chi connectivity index (χ3v) is 5.16. The lowest BCUT2D eigenvalue weighted by molar-refractivity contribution is 0.116. The Morgan fingerprint density at radius 3 is 2.55 bits per heavy atom. The van der Waals surface area contributed by atoms with Crippen LogP contribution in [0, 0.1) is 0 Å². The second-order valence-corrected chi connectivity index (χ2v) is 7.81. The van der Waals surface area contributed by atoms with Gasteiger partial charge in [-0.05, 0) is 66.2 Å². The highest BCUT2D eigenvalue weighted by Gasteiger charge is 2.19. The van der Waals surface area contributed by atoms with E-state index >= 15 is 0 Å². The van der Waals surface area contributed by atoms with Crippen molar-refractivity contribution in [3.05, 3.63) is 26.6 Å². The van der Waals surface area contributed by atoms with Crippen molar-refractivity contribution in [1.29, 1.82) is 0 Å². The van der Waals surface area contributed by atoms with Gasteiger partial charge in [0, 0.05) is 27.6 Å². The van der Waals surface area contributed by atoms with Crippen LogP contribution in [0.25, 0.3) is 0 Å². The van der Waals surface area contributed by atoms with Crippen molar-refractivity contribution in [2.45, 2.75) is 57.3 Å². The molecule has 1 atom stereocenters. The molecule has 1 aliphatic rings. The SMILES string of the molecule is CC(CO)Nc1c(Br)cc(Br)cc1CNC1CCC(O)CC1. The summed E-state index contributed by atoms with van der Waals surface area (Å²) >= 11 is 7.13. The first-order valence-electron chi connectivity index (χ1n) is 7.76. The third kappa shape index (κ3) is 5.20. The minimum Gasteiger partial charge on any atom is -0.394 e. The van der Waals surface area contributed by atoms with Crippen LogP contribution in [0.1, 0.15) is 38.2 Å². The summed E-state index contributed by atoms with van der Waals surface area (Å²) in [5.41, 5.74) is 2.18. The zero-order chi connectivity index (χ0) is 16.1. The van der Waals surface area contributed by atoms with Gasteiger partial charge >= 0.3 is 0 Å². The lowest BCUT2D eigenvalue weighted by Crippen LogP contribution is -2.34. The van der Waals surface area contributed by atoms with E-state index in [1.807, 2.05) is 13.0 Å². The number of hydrogen-bond acceptors (Lipinski definition) is 4. The molecule has 0 spiro atoms. The molecular formula is C16H24Br2N2O2. The van der Waals surface area contributed by atoms with Gasteiger partial charge in [-0.1, -0.05) is 15.9 Å². The van der Waals surface area contributed by atoms with Crippen molar-refractivity contribution < 1.29 is 10.2 Å². The van der Waals surface area contributed by atoms with Gasteiger partial charge in [0.1, 0.15) is 0 Å². The van der Waals surface area contributed by atoms with E-state index in [2.05, 4.69) is 48.6 Å². The number of rotatable bonds is 6. The van der Waals surface area contributed by atoms with Crippen molar-refractivity contribution >= 4 is 37.5 Å². The minimum atomic E-state index is -0.124. The Kier molecular flexibility index (Phi) is 7.15. The number of benzene rings is 1. The van der Waals surface area contributed by atoms with E-state index in [9.17, 15) is 10.2 Å². The number of aliphatic hydroxyl groups is 2. The predicted octanol–water partition coefficient (Wildman–Crippen LogP) is 3.40. The van der Waals surface area contributed by atoms with Gasteiger partial charge in [-0.15, -0.1) is 0 Å². The van der Waals surface area contributed by atoms with Crippen LogP contribution in [0.15, 0.2) is 21.1 Å². The highest BCUT2D eigenvalue weighted by molar-refractivity contribution is 9.11. The summed E-state index contributed by atoms with van der Waals surface area (Å²) in [7, 11) is 0. The van der Waals surface area contributed by atoms with E-state index in [1.54, 1.807) is 0 Å². The predicted molar refractivity (Wildman–Crippen MR) is 97.1 cm³/mol. The van der Waals surface area contributed by atoms with Crippen LogP contribution in [0.3, 0.4) is 0 Å². The van der Waals surface area contributed by atoms with Gasteiger partial charge in [0.15, 0.2) is 0 Å². The van der Waals surface area contributed by atoms with Crippen LogP contribution in [-0.4, -0.2) is 35.0 Å². The third-order valence-electron chi connectivity index (χ3n) is 4.08. The highest BCUT2D eigenvalue weighted by atomic mass is 79.9. The molecular weight excluding hydrogens is 412 g/mol. The van der Waals surface area contributed by atoms with Crippen molar-refractivity contribution in [2.75, 3.05) is 11.9 Å². The van der Waals surface area contributed by atoms with E-state index in [0.29, 0.717) is 6.04 Å². The smallest absolute Gasteiger partial charge is 0.0630 e. The van der Waals surface area contributed by atoms with Gasteiger partial charge in [-0.3, -0.25) is 0 Å². The molecule has 0 heterocycles. The molecule has 1 fully saturated rings. The van der Waals surface area contributed by atoms with E-state index < -0.39 is 0 Å². The maximum Gasteiger partial charge on any atom is 0.0630 e. The molecule has 124 valence electrons. The lowest BCUT2D eigenvalue weighted by Gasteiger charge is -2.27. The Labute approximate surface area is 148 Å². The summed E-state index contributed by atoms with van der Waals surface area (Å²) < 4.78 is 2.01. The second kappa shape index (κ2) is 8.64. The van der Waals surface area contributed by atoms with Crippen molar-refractivity contribution in [2.24, 2.45) is 0 Å². The Morgan fingerprint density at radius 2 is 1.91 bits per heavy atom. The summed E-state index contributed by atoms with van der Waals surface area (Å²) in [5.74, 6) is 0. The van der Waals surface area contributed by atoms with Gasteiger partial charge in [0.25, 0.3) is 0 Å². The summed E-state index contributed by atoms with van der Waals surface area (Å²) in [6.45, 7) is 2.81. The average Bonchev–Trinajstić information content (AvgIpc) is 2.49. The van der Waals surface area contributed by atoms with Gasteiger partial charge < -0.3 is 20.8 Å². The first kappa shape index (κ1) is 18.2. The van der Waals surface area contributed by atoms with Gasteiger partial charge in [0.05, 0.1) is 18.4 Å². The zero-order valence-corrected chi connectivity index (χ0v) is 16.0. The van der Waals surface area contributed by atoms with E-state index in [0.717, 1.165) is 52.4 Å². The summed E-state index contributed by atoms with van der Waals surface area (Å²) in [6.07, 6.45) is 3.68. The van der Waals surface area contributed by atoms with Crippen molar-refractivity contribution in [3.63, 3.8) is 0 Å². The van der Waals surface area contributed by atoms with E-state index in [4.69, 9.17) is 0 Å². The maximum absolute atomic E-state index is 9.58. The Balaban J connectivity index is 2.05. The quantitative estimate of drug-likeness (QED) is 0.552. The molecule has 0 amide bonds. The number of aliphatic hydroxyl groups excluding tert-OH is 2. The first-order valence-corrected chi connectivity index (χ1v) is 9.35. The Hall–Kier alpha value is -0.140. The second-order valence-electron chi connectivity index (χ2n) is 6.04. The molecule has 1 aromatic rings. The molecule has 4 nitrogen and oxygen atoms in total. The van der Waals surface area contributed by atoms with E-state index in [1.165, 1.54) is 0 Å². The topological polar surface area (TPSA) is 64.5 Å². The fraction of sp³-hybridized carbons (Fsp3) is 0.625. The number of nitrogens with one attached hydrogen (secondary N) is 2. The molecule has 1 saturated carbocycles. The van der Waals surface area contributed by atoms with Crippen LogP contribution >= 0.6 is 31.9 Å². The first-order chi connectivity index (χ1) is 10.5. The fourth-order valence-electron chi connectivity index (χ4n) is 2.75. The molecule has 1 aromatic carbocycles. The lowest BCUT2D eigenvalue weighted by atomic mass is 9.93. The highest BCUT2D eigenvalue weighted by Crippen LogP contribution is 2.31. The summed E-state index contributed by atoms with van der Waals surface area (Å²) in [6, 6.07) is 4.57. The monoisotopic (exact) mass is 434 g/mol. The summed E-state index contributed by atoms with van der Waals surface area (Å²) in [5, 5.41) is 25.8. The standard InChI is InChI=1S/C16H24Br2N2O2/c1-10(9-21)20-16-11(6-12(17)7-15(16)18)8-19-13-2-4-14(22)5-3-13/h6-7,10,13-14,19-22H,2-5,8-9H2,1H3. The van der Waals surface area contributed by atoms with Gasteiger partial charge in [-0.2, -0.15) is 0 Å². The molecule has 0 radical (unpaired) electrons. The molecule has 1 aliphatic carbocycles. The Morgan fingerprint density at radius 1 is 1.23 bits per heavy atom. The number of anilines is 1. The maximum atomic E-state index is 9.58. The van der Waals surface area contributed by atoms with Crippen LogP contribution in [-0.2, 0) is 6.54 Å². The minimum absolute atomic E-state index is 0.000975. The molecule has 1 unspecified atom stereocenters. The van der Waals surface area contributed by atoms with Crippen molar-refractivity contribution in [1.82, 2.24) is 5.32 Å². The fourth-order valence-corrected chi connectivity index (χ4v) is 4.18.